The summed E-state index contributed by atoms with van der Waals surface area (Å²) in [5.41, 5.74) is 1.56. The van der Waals surface area contributed by atoms with Gasteiger partial charge in [0.25, 0.3) is 6.43 Å². The van der Waals surface area contributed by atoms with Crippen molar-refractivity contribution in [1.82, 2.24) is 4.98 Å². The van der Waals surface area contributed by atoms with Gasteiger partial charge in [-0.15, -0.1) is 0 Å². The van der Waals surface area contributed by atoms with Gasteiger partial charge in [0.15, 0.2) is 0 Å². The molecule has 0 radical (unpaired) electrons. The van der Waals surface area contributed by atoms with E-state index in [0.29, 0.717) is 12.0 Å². The van der Waals surface area contributed by atoms with Crippen molar-refractivity contribution in [3.05, 3.63) is 65.5 Å². The van der Waals surface area contributed by atoms with Crippen LogP contribution in [0.5, 0.6) is 0 Å². The molecular formula is C14H13F2NO. The van der Waals surface area contributed by atoms with Crippen molar-refractivity contribution in [3.8, 4) is 0 Å². The second-order valence-electron chi connectivity index (χ2n) is 4.04. The number of alkyl halides is 2. The zero-order valence-corrected chi connectivity index (χ0v) is 9.63. The van der Waals surface area contributed by atoms with Crippen LogP contribution in [0.25, 0.3) is 0 Å². The number of rotatable bonds is 4. The number of pyridine rings is 1. The van der Waals surface area contributed by atoms with Crippen LogP contribution in [0, 0.1) is 0 Å². The van der Waals surface area contributed by atoms with Crippen LogP contribution < -0.4 is 0 Å². The molecule has 0 saturated heterocycles. The van der Waals surface area contributed by atoms with Crippen molar-refractivity contribution in [2.75, 3.05) is 0 Å². The fourth-order valence-electron chi connectivity index (χ4n) is 1.72. The zero-order valence-electron chi connectivity index (χ0n) is 9.63. The predicted octanol–water partition coefficient (Wildman–Crippen LogP) is 3.30. The normalized spacial score (nSPS) is 12.7. The average molecular weight is 249 g/mol. The van der Waals surface area contributed by atoms with E-state index in [1.807, 2.05) is 12.1 Å². The summed E-state index contributed by atoms with van der Waals surface area (Å²) in [5.74, 6) is 0. The topological polar surface area (TPSA) is 33.1 Å². The first-order valence-corrected chi connectivity index (χ1v) is 5.62. The van der Waals surface area contributed by atoms with E-state index in [9.17, 15) is 13.9 Å². The van der Waals surface area contributed by atoms with Gasteiger partial charge in [0.2, 0.25) is 0 Å². The Balaban J connectivity index is 2.07. The molecule has 0 aliphatic heterocycles. The van der Waals surface area contributed by atoms with E-state index in [1.54, 1.807) is 12.4 Å². The lowest BCUT2D eigenvalue weighted by atomic mass is 10.0. The molecule has 4 heteroatoms. The highest BCUT2D eigenvalue weighted by molar-refractivity contribution is 5.26. The van der Waals surface area contributed by atoms with E-state index >= 15 is 0 Å². The van der Waals surface area contributed by atoms with Crippen molar-refractivity contribution in [2.24, 2.45) is 0 Å². The maximum atomic E-state index is 12.4. The lowest BCUT2D eigenvalue weighted by molar-refractivity contribution is 0.151. The number of aliphatic hydroxyl groups is 1. The molecule has 1 aromatic heterocycles. The summed E-state index contributed by atoms with van der Waals surface area (Å²) in [6, 6.07) is 9.39. The zero-order chi connectivity index (χ0) is 13.0. The maximum absolute atomic E-state index is 12.4. The number of aliphatic hydroxyl groups excluding tert-OH is 1. The summed E-state index contributed by atoms with van der Waals surface area (Å²) in [7, 11) is 0. The minimum atomic E-state index is -2.48. The van der Waals surface area contributed by atoms with Crippen LogP contribution in [-0.2, 0) is 6.42 Å². The SMILES string of the molecule is OC(Cc1ccncc1)c1ccc(C(F)F)cc1. The van der Waals surface area contributed by atoms with Crippen LogP contribution in [0.15, 0.2) is 48.8 Å². The third kappa shape index (κ3) is 3.11. The Morgan fingerprint density at radius 1 is 0.944 bits per heavy atom. The van der Waals surface area contributed by atoms with E-state index in [0.717, 1.165) is 5.56 Å². The molecule has 18 heavy (non-hydrogen) atoms. The van der Waals surface area contributed by atoms with Gasteiger partial charge in [-0.1, -0.05) is 24.3 Å². The van der Waals surface area contributed by atoms with Gasteiger partial charge in [-0.2, -0.15) is 0 Å². The van der Waals surface area contributed by atoms with Crippen LogP contribution in [-0.4, -0.2) is 10.1 Å². The Hall–Kier alpha value is -1.81. The molecule has 2 nitrogen and oxygen atoms in total. The van der Waals surface area contributed by atoms with Crippen molar-refractivity contribution >= 4 is 0 Å². The molecule has 1 unspecified atom stereocenters. The van der Waals surface area contributed by atoms with Gasteiger partial charge < -0.3 is 5.11 Å². The summed E-state index contributed by atoms with van der Waals surface area (Å²) >= 11 is 0. The molecule has 0 aliphatic rings. The minimum absolute atomic E-state index is 0.0325. The lowest BCUT2D eigenvalue weighted by Crippen LogP contribution is -2.02. The summed E-state index contributed by atoms with van der Waals surface area (Å²) in [6.07, 6.45) is 0.580. The fourth-order valence-corrected chi connectivity index (χ4v) is 1.72. The molecular weight excluding hydrogens is 236 g/mol. The number of hydrogen-bond donors (Lipinski definition) is 1. The Morgan fingerprint density at radius 3 is 2.06 bits per heavy atom. The summed E-state index contributed by atoms with van der Waals surface area (Å²) in [6.45, 7) is 0. The van der Waals surface area contributed by atoms with E-state index < -0.39 is 12.5 Å². The Labute approximate surface area is 104 Å². The Bertz CT molecular complexity index is 485. The summed E-state index contributed by atoms with van der Waals surface area (Å²) in [4.78, 5) is 3.89. The molecule has 0 spiro atoms. The monoisotopic (exact) mass is 249 g/mol. The Morgan fingerprint density at radius 2 is 1.50 bits per heavy atom. The number of nitrogens with zero attached hydrogens (tertiary/aromatic N) is 1. The van der Waals surface area contributed by atoms with Crippen molar-refractivity contribution in [3.63, 3.8) is 0 Å². The molecule has 0 amide bonds. The average Bonchev–Trinajstić information content (AvgIpc) is 2.40. The second-order valence-corrected chi connectivity index (χ2v) is 4.04. The number of aromatic nitrogens is 1. The van der Waals surface area contributed by atoms with Gasteiger partial charge in [0.1, 0.15) is 0 Å². The highest BCUT2D eigenvalue weighted by Gasteiger charge is 2.11. The van der Waals surface area contributed by atoms with Gasteiger partial charge >= 0.3 is 0 Å². The highest BCUT2D eigenvalue weighted by atomic mass is 19.3. The molecule has 0 fully saturated rings. The summed E-state index contributed by atoms with van der Waals surface area (Å²) < 4.78 is 24.8. The van der Waals surface area contributed by atoms with Gasteiger partial charge in [-0.25, -0.2) is 8.78 Å². The van der Waals surface area contributed by atoms with Crippen LogP contribution in [0.4, 0.5) is 8.78 Å². The predicted molar refractivity (Wildman–Crippen MR) is 64.3 cm³/mol. The van der Waals surface area contributed by atoms with Crippen LogP contribution in [0.3, 0.4) is 0 Å². The fraction of sp³-hybridized carbons (Fsp3) is 0.214. The van der Waals surface area contributed by atoms with Crippen molar-refractivity contribution in [1.29, 1.82) is 0 Å². The smallest absolute Gasteiger partial charge is 0.263 e. The number of halogens is 2. The maximum Gasteiger partial charge on any atom is 0.263 e. The lowest BCUT2D eigenvalue weighted by Gasteiger charge is -2.11. The molecule has 1 atom stereocenters. The molecule has 2 aromatic rings. The quantitative estimate of drug-likeness (QED) is 0.901. The first-order valence-electron chi connectivity index (χ1n) is 5.62. The van der Waals surface area contributed by atoms with Gasteiger partial charge in [0, 0.05) is 24.4 Å². The molecule has 1 aromatic carbocycles. The molecule has 0 aliphatic carbocycles. The molecule has 1 N–H and O–H groups in total. The third-order valence-corrected chi connectivity index (χ3v) is 2.75. The van der Waals surface area contributed by atoms with E-state index in [2.05, 4.69) is 4.98 Å². The van der Waals surface area contributed by atoms with E-state index in [-0.39, 0.29) is 5.56 Å². The Kier molecular flexibility index (Phi) is 3.99. The van der Waals surface area contributed by atoms with Gasteiger partial charge in [-0.3, -0.25) is 4.98 Å². The van der Waals surface area contributed by atoms with Crippen LogP contribution in [0.2, 0.25) is 0 Å². The number of benzene rings is 1. The molecule has 2 rings (SSSR count). The molecule has 0 bridgehead atoms. The van der Waals surface area contributed by atoms with Crippen LogP contribution in [0.1, 0.15) is 29.2 Å². The molecule has 94 valence electrons. The van der Waals surface area contributed by atoms with Crippen molar-refractivity contribution < 1.29 is 13.9 Å². The van der Waals surface area contributed by atoms with Gasteiger partial charge in [0.05, 0.1) is 6.10 Å². The first kappa shape index (κ1) is 12.6. The molecule has 1 heterocycles. The highest BCUT2D eigenvalue weighted by Crippen LogP contribution is 2.23. The van der Waals surface area contributed by atoms with Gasteiger partial charge in [-0.05, 0) is 23.3 Å². The summed E-state index contributed by atoms with van der Waals surface area (Å²) in [5, 5.41) is 10.00. The minimum Gasteiger partial charge on any atom is -0.388 e. The van der Waals surface area contributed by atoms with E-state index in [4.69, 9.17) is 0 Å². The largest absolute Gasteiger partial charge is 0.388 e. The standard InChI is InChI=1S/C14H13F2NO/c15-14(16)12-3-1-11(2-4-12)13(18)9-10-5-7-17-8-6-10/h1-8,13-14,18H,9H2. The van der Waals surface area contributed by atoms with Crippen molar-refractivity contribution in [2.45, 2.75) is 19.0 Å². The second kappa shape index (κ2) is 5.69. The van der Waals surface area contributed by atoms with Crippen LogP contribution >= 0.6 is 0 Å². The van der Waals surface area contributed by atoms with E-state index in [1.165, 1.54) is 24.3 Å². The number of hydrogen-bond acceptors (Lipinski definition) is 2. The molecule has 0 saturated carbocycles. The third-order valence-electron chi connectivity index (χ3n) is 2.75. The first-order chi connectivity index (χ1) is 8.66.